The average molecular weight is 509 g/mol. The van der Waals surface area contributed by atoms with Gasteiger partial charge in [-0.1, -0.05) is 60.3 Å². The van der Waals surface area contributed by atoms with Crippen LogP contribution in [0, 0.1) is 18.3 Å². The molecule has 0 radical (unpaired) electrons. The number of aromatic nitrogens is 1. The number of nitrogens with one attached hydrogen (secondary N) is 2. The molecule has 3 aromatic carbocycles. The van der Waals surface area contributed by atoms with Crippen LogP contribution in [-0.4, -0.2) is 29.7 Å². The number of para-hydroxylation sites is 2. The van der Waals surface area contributed by atoms with Crippen LogP contribution in [0.1, 0.15) is 21.6 Å². The third-order valence-corrected chi connectivity index (χ3v) is 6.47. The molecule has 8 heteroatoms. The molecule has 0 saturated carbocycles. The molecule has 0 aliphatic carbocycles. The molecule has 1 aromatic heterocycles. The van der Waals surface area contributed by atoms with Gasteiger partial charge in [-0.25, -0.2) is 4.98 Å². The maximum absolute atomic E-state index is 13.4. The van der Waals surface area contributed by atoms with Crippen molar-refractivity contribution >= 4 is 35.0 Å². The average Bonchev–Trinajstić information content (AvgIpc) is 2.92. The zero-order valence-electron chi connectivity index (χ0n) is 20.3. The summed E-state index contributed by atoms with van der Waals surface area (Å²) in [7, 11) is 1.57. The molecular weight excluding hydrogens is 484 g/mol. The minimum Gasteiger partial charge on any atom is -0.497 e. The monoisotopic (exact) mass is 508 g/mol. The first kappa shape index (κ1) is 25.5. The van der Waals surface area contributed by atoms with Gasteiger partial charge in [-0.05, 0) is 48.9 Å². The van der Waals surface area contributed by atoms with E-state index in [1.54, 1.807) is 62.6 Å². The number of hydrogen-bond acceptors (Lipinski definition) is 6. The van der Waals surface area contributed by atoms with Crippen molar-refractivity contribution in [2.45, 2.75) is 11.9 Å². The number of methoxy groups -OCH3 is 1. The van der Waals surface area contributed by atoms with Gasteiger partial charge >= 0.3 is 0 Å². The van der Waals surface area contributed by atoms with Gasteiger partial charge in [-0.2, -0.15) is 5.26 Å². The molecule has 4 rings (SSSR count). The van der Waals surface area contributed by atoms with Gasteiger partial charge in [-0.15, -0.1) is 0 Å². The number of benzene rings is 3. The summed E-state index contributed by atoms with van der Waals surface area (Å²) in [5.41, 5.74) is 3.40. The Morgan fingerprint density at radius 2 is 1.51 bits per heavy atom. The van der Waals surface area contributed by atoms with Crippen molar-refractivity contribution in [3.05, 3.63) is 102 Å². The summed E-state index contributed by atoms with van der Waals surface area (Å²) in [5, 5.41) is 16.3. The predicted octanol–water partition coefficient (Wildman–Crippen LogP) is 5.92. The van der Waals surface area contributed by atoms with Crippen LogP contribution >= 0.6 is 11.8 Å². The number of carbonyl (C=O) groups excluding carboxylic acids is 2. The summed E-state index contributed by atoms with van der Waals surface area (Å²) < 4.78 is 5.27. The number of anilines is 2. The first-order valence-corrected chi connectivity index (χ1v) is 12.4. The molecule has 0 spiro atoms. The molecule has 0 aliphatic rings. The lowest BCUT2D eigenvalue weighted by Crippen LogP contribution is -2.18. The predicted molar refractivity (Wildman–Crippen MR) is 146 cm³/mol. The maximum Gasteiger partial charge on any atom is 0.258 e. The highest BCUT2D eigenvalue weighted by atomic mass is 32.2. The van der Waals surface area contributed by atoms with E-state index in [-0.39, 0.29) is 23.1 Å². The number of nitrogens with zero attached hydrogens (tertiary/aromatic N) is 2. The summed E-state index contributed by atoms with van der Waals surface area (Å²) in [5.74, 6) is 0.0944. The van der Waals surface area contributed by atoms with Crippen molar-refractivity contribution in [2.75, 3.05) is 23.5 Å². The highest BCUT2D eigenvalue weighted by molar-refractivity contribution is 8.00. The lowest BCUT2D eigenvalue weighted by molar-refractivity contribution is -0.113. The number of rotatable bonds is 8. The third kappa shape index (κ3) is 6.15. The van der Waals surface area contributed by atoms with E-state index in [0.29, 0.717) is 44.5 Å². The number of ether oxygens (including phenoxy) is 1. The molecule has 37 heavy (non-hydrogen) atoms. The van der Waals surface area contributed by atoms with Gasteiger partial charge < -0.3 is 15.4 Å². The van der Waals surface area contributed by atoms with Crippen molar-refractivity contribution in [2.24, 2.45) is 0 Å². The minimum absolute atomic E-state index is 0.0492. The second-order valence-electron chi connectivity index (χ2n) is 7.99. The van der Waals surface area contributed by atoms with Gasteiger partial charge in [0.1, 0.15) is 16.8 Å². The Hall–Kier alpha value is -4.61. The van der Waals surface area contributed by atoms with E-state index in [0.717, 1.165) is 11.8 Å². The van der Waals surface area contributed by atoms with E-state index in [2.05, 4.69) is 21.7 Å². The SMILES string of the molecule is COc1ccc(-c2c(C#N)c(SCC(=O)Nc3ccccc3)nc(C)c2C(=O)Nc2ccccc2)cc1. The molecule has 4 aromatic rings. The molecule has 0 fully saturated rings. The summed E-state index contributed by atoms with van der Waals surface area (Å²) in [6, 6.07) is 27.6. The Labute approximate surface area is 219 Å². The number of nitriles is 1. The van der Waals surface area contributed by atoms with Gasteiger partial charge in [0.15, 0.2) is 0 Å². The Morgan fingerprint density at radius 1 is 0.919 bits per heavy atom. The normalized spacial score (nSPS) is 10.3. The number of aryl methyl sites for hydroxylation is 1. The van der Waals surface area contributed by atoms with Crippen LogP contribution in [-0.2, 0) is 4.79 Å². The summed E-state index contributed by atoms with van der Waals surface area (Å²) in [6.07, 6.45) is 0. The van der Waals surface area contributed by atoms with Gasteiger partial charge in [0.05, 0.1) is 29.7 Å². The van der Waals surface area contributed by atoms with E-state index >= 15 is 0 Å². The molecule has 1 heterocycles. The van der Waals surface area contributed by atoms with Crippen LogP contribution in [0.2, 0.25) is 0 Å². The van der Waals surface area contributed by atoms with Crippen LogP contribution < -0.4 is 15.4 Å². The van der Waals surface area contributed by atoms with Gasteiger partial charge in [-0.3, -0.25) is 9.59 Å². The fourth-order valence-corrected chi connectivity index (χ4v) is 4.61. The first-order valence-electron chi connectivity index (χ1n) is 11.4. The summed E-state index contributed by atoms with van der Waals surface area (Å²) >= 11 is 1.15. The zero-order valence-corrected chi connectivity index (χ0v) is 21.1. The van der Waals surface area contributed by atoms with Gasteiger partial charge in [0, 0.05) is 16.9 Å². The molecule has 2 amide bonds. The van der Waals surface area contributed by atoms with Crippen LogP contribution in [0.15, 0.2) is 90.0 Å². The first-order chi connectivity index (χ1) is 18.0. The molecule has 7 nitrogen and oxygen atoms in total. The minimum atomic E-state index is -0.378. The largest absolute Gasteiger partial charge is 0.497 e. The van der Waals surface area contributed by atoms with Crippen molar-refractivity contribution in [1.29, 1.82) is 5.26 Å². The van der Waals surface area contributed by atoms with Crippen LogP contribution in [0.3, 0.4) is 0 Å². The van der Waals surface area contributed by atoms with E-state index in [1.807, 2.05) is 36.4 Å². The van der Waals surface area contributed by atoms with Gasteiger partial charge in [0.2, 0.25) is 5.91 Å². The number of amides is 2. The Balaban J connectivity index is 1.72. The summed E-state index contributed by atoms with van der Waals surface area (Å²) in [6.45, 7) is 1.72. The quantitative estimate of drug-likeness (QED) is 0.286. The fraction of sp³-hybridized carbons (Fsp3) is 0.103. The smallest absolute Gasteiger partial charge is 0.258 e. The molecule has 0 bridgehead atoms. The highest BCUT2D eigenvalue weighted by Gasteiger charge is 2.25. The number of thioether (sulfide) groups is 1. The second-order valence-corrected chi connectivity index (χ2v) is 8.95. The van der Waals surface area contributed by atoms with Crippen LogP contribution in [0.5, 0.6) is 5.75 Å². The number of hydrogen-bond donors (Lipinski definition) is 2. The Kier molecular flexibility index (Phi) is 8.18. The van der Waals surface area contributed by atoms with Crippen LogP contribution in [0.25, 0.3) is 11.1 Å². The molecule has 0 saturated heterocycles. The van der Waals surface area contributed by atoms with Crippen molar-refractivity contribution in [1.82, 2.24) is 4.98 Å². The van der Waals surface area contributed by atoms with Gasteiger partial charge in [0.25, 0.3) is 5.91 Å². The van der Waals surface area contributed by atoms with Crippen molar-refractivity contribution in [3.8, 4) is 22.9 Å². The summed E-state index contributed by atoms with van der Waals surface area (Å²) in [4.78, 5) is 30.6. The molecular formula is C29H24N4O3S. The van der Waals surface area contributed by atoms with Crippen molar-refractivity contribution in [3.63, 3.8) is 0 Å². The maximum atomic E-state index is 13.4. The van der Waals surface area contributed by atoms with E-state index in [1.165, 1.54) is 0 Å². The topological polar surface area (TPSA) is 104 Å². The fourth-order valence-electron chi connectivity index (χ4n) is 3.78. The number of pyridine rings is 1. The second kappa shape index (κ2) is 11.9. The standard InChI is InChI=1S/C29H24N4O3S/c1-19-26(28(35)33-22-11-7-4-8-12-22)27(20-13-15-23(36-2)16-14-20)24(17-30)29(31-19)37-18-25(34)32-21-9-5-3-6-10-21/h3-16H,18H2,1-2H3,(H,32,34)(H,33,35). The Morgan fingerprint density at radius 3 is 2.08 bits per heavy atom. The van der Waals surface area contributed by atoms with E-state index in [9.17, 15) is 14.9 Å². The highest BCUT2D eigenvalue weighted by Crippen LogP contribution is 2.36. The lowest BCUT2D eigenvalue weighted by atomic mass is 9.94. The van der Waals surface area contributed by atoms with Crippen molar-refractivity contribution < 1.29 is 14.3 Å². The van der Waals surface area contributed by atoms with Crippen LogP contribution in [0.4, 0.5) is 11.4 Å². The lowest BCUT2D eigenvalue weighted by Gasteiger charge is -2.17. The zero-order chi connectivity index (χ0) is 26.2. The molecule has 0 unspecified atom stereocenters. The van der Waals surface area contributed by atoms with E-state index in [4.69, 9.17) is 4.74 Å². The Bertz CT molecular complexity index is 1450. The third-order valence-electron chi connectivity index (χ3n) is 5.49. The molecule has 0 aliphatic heterocycles. The van der Waals surface area contributed by atoms with E-state index < -0.39 is 0 Å². The molecule has 2 N–H and O–H groups in total. The molecule has 184 valence electrons. The molecule has 0 atom stereocenters. The number of carbonyl (C=O) groups is 2.